The molecule has 1 aliphatic heterocycles. The molecule has 23 heavy (non-hydrogen) atoms. The van der Waals surface area contributed by atoms with Gasteiger partial charge in [-0.3, -0.25) is 9.78 Å². The van der Waals surface area contributed by atoms with Crippen LogP contribution in [0.15, 0.2) is 30.5 Å². The standard InChI is InChI=1S/C18H22N4O/c23-18(17-11-19-15-7-3-4-8-16(15)22-17)20-10-13-9-12-5-1-2-6-14(12)21-13/h3-4,7-8,11-14,21H,1-2,5-6,9-10H2,(H,20,23)/t12-,13-,14-/m0/s1. The zero-order chi connectivity index (χ0) is 15.6. The summed E-state index contributed by atoms with van der Waals surface area (Å²) < 4.78 is 0. The van der Waals surface area contributed by atoms with Crippen LogP contribution in [-0.2, 0) is 0 Å². The van der Waals surface area contributed by atoms with E-state index in [0.717, 1.165) is 17.0 Å². The first-order valence-electron chi connectivity index (χ1n) is 8.55. The van der Waals surface area contributed by atoms with E-state index in [1.165, 1.54) is 32.1 Å². The van der Waals surface area contributed by atoms with Gasteiger partial charge in [0.2, 0.25) is 0 Å². The van der Waals surface area contributed by atoms with Gasteiger partial charge in [0.05, 0.1) is 17.2 Å². The Balaban J connectivity index is 1.37. The monoisotopic (exact) mass is 310 g/mol. The summed E-state index contributed by atoms with van der Waals surface area (Å²) in [6.45, 7) is 0.667. The molecule has 1 amide bonds. The topological polar surface area (TPSA) is 66.9 Å². The molecule has 4 rings (SSSR count). The average Bonchev–Trinajstić information content (AvgIpc) is 3.02. The number of fused-ring (bicyclic) bond motifs is 2. The highest BCUT2D eigenvalue weighted by Crippen LogP contribution is 2.32. The highest BCUT2D eigenvalue weighted by molar-refractivity contribution is 5.93. The third-order valence-electron chi connectivity index (χ3n) is 5.14. The second kappa shape index (κ2) is 6.24. The van der Waals surface area contributed by atoms with Crippen LogP contribution in [-0.4, -0.2) is 34.5 Å². The first-order chi connectivity index (χ1) is 11.3. The van der Waals surface area contributed by atoms with Gasteiger partial charge in [-0.2, -0.15) is 0 Å². The normalized spacial score (nSPS) is 26.9. The molecule has 1 aromatic carbocycles. The zero-order valence-corrected chi connectivity index (χ0v) is 13.2. The van der Waals surface area contributed by atoms with Crippen LogP contribution in [0.2, 0.25) is 0 Å². The molecule has 5 heteroatoms. The van der Waals surface area contributed by atoms with Crippen molar-refractivity contribution in [3.8, 4) is 0 Å². The second-order valence-corrected chi connectivity index (χ2v) is 6.70. The fourth-order valence-electron chi connectivity index (χ4n) is 3.96. The van der Waals surface area contributed by atoms with Crippen LogP contribution in [0.4, 0.5) is 0 Å². The van der Waals surface area contributed by atoms with Gasteiger partial charge in [-0.1, -0.05) is 25.0 Å². The number of rotatable bonds is 3. The molecule has 3 atom stereocenters. The van der Waals surface area contributed by atoms with Gasteiger partial charge in [0.25, 0.3) is 5.91 Å². The van der Waals surface area contributed by atoms with Crippen LogP contribution < -0.4 is 10.6 Å². The maximum atomic E-state index is 12.3. The van der Waals surface area contributed by atoms with Gasteiger partial charge in [-0.25, -0.2) is 4.98 Å². The van der Waals surface area contributed by atoms with E-state index in [9.17, 15) is 4.79 Å². The third kappa shape index (κ3) is 3.06. The van der Waals surface area contributed by atoms with Gasteiger partial charge in [-0.05, 0) is 37.3 Å². The quantitative estimate of drug-likeness (QED) is 0.913. The molecule has 0 spiro atoms. The van der Waals surface area contributed by atoms with Crippen molar-refractivity contribution in [1.82, 2.24) is 20.6 Å². The summed E-state index contributed by atoms with van der Waals surface area (Å²) in [5.41, 5.74) is 1.95. The Morgan fingerprint density at radius 2 is 2.04 bits per heavy atom. The van der Waals surface area contributed by atoms with Crippen molar-refractivity contribution < 1.29 is 4.79 Å². The van der Waals surface area contributed by atoms with E-state index in [0.29, 0.717) is 24.3 Å². The molecule has 0 radical (unpaired) electrons. The van der Waals surface area contributed by atoms with Gasteiger partial charge < -0.3 is 10.6 Å². The molecular formula is C18H22N4O. The maximum absolute atomic E-state index is 12.3. The molecular weight excluding hydrogens is 288 g/mol. The minimum Gasteiger partial charge on any atom is -0.349 e. The van der Waals surface area contributed by atoms with Gasteiger partial charge in [-0.15, -0.1) is 0 Å². The van der Waals surface area contributed by atoms with Crippen LogP contribution in [0.1, 0.15) is 42.6 Å². The van der Waals surface area contributed by atoms with Crippen molar-refractivity contribution in [1.29, 1.82) is 0 Å². The van der Waals surface area contributed by atoms with Crippen LogP contribution in [0, 0.1) is 5.92 Å². The number of para-hydroxylation sites is 2. The van der Waals surface area contributed by atoms with Gasteiger partial charge in [0.1, 0.15) is 5.69 Å². The highest BCUT2D eigenvalue weighted by Gasteiger charge is 2.34. The Bertz CT molecular complexity index is 703. The first kappa shape index (κ1) is 14.6. The molecule has 120 valence electrons. The summed E-state index contributed by atoms with van der Waals surface area (Å²) in [5, 5.41) is 6.69. The number of aromatic nitrogens is 2. The lowest BCUT2D eigenvalue weighted by molar-refractivity contribution is 0.0945. The minimum absolute atomic E-state index is 0.139. The summed E-state index contributed by atoms with van der Waals surface area (Å²) in [5.74, 6) is 0.658. The maximum Gasteiger partial charge on any atom is 0.271 e. The number of nitrogens with one attached hydrogen (secondary N) is 2. The summed E-state index contributed by atoms with van der Waals surface area (Å²) in [7, 11) is 0. The fourth-order valence-corrected chi connectivity index (χ4v) is 3.96. The van der Waals surface area contributed by atoms with Crippen molar-refractivity contribution in [2.24, 2.45) is 5.92 Å². The zero-order valence-electron chi connectivity index (χ0n) is 13.2. The SMILES string of the molecule is O=C(NC[C@@H]1C[C@@H]2CCCC[C@@H]2N1)c1cnc2ccccc2n1. The Kier molecular flexibility index (Phi) is 3.95. The van der Waals surface area contributed by atoms with Crippen LogP contribution in [0.25, 0.3) is 11.0 Å². The largest absolute Gasteiger partial charge is 0.349 e. The molecule has 1 saturated carbocycles. The lowest BCUT2D eigenvalue weighted by Crippen LogP contribution is -2.40. The third-order valence-corrected chi connectivity index (χ3v) is 5.14. The number of hydrogen-bond donors (Lipinski definition) is 2. The predicted octanol–water partition coefficient (Wildman–Crippen LogP) is 2.28. The van der Waals surface area contributed by atoms with E-state index in [-0.39, 0.29) is 5.91 Å². The number of benzene rings is 1. The lowest BCUT2D eigenvalue weighted by Gasteiger charge is -2.24. The van der Waals surface area contributed by atoms with E-state index in [2.05, 4.69) is 20.6 Å². The van der Waals surface area contributed by atoms with Gasteiger partial charge in [0.15, 0.2) is 0 Å². The summed E-state index contributed by atoms with van der Waals surface area (Å²) >= 11 is 0. The van der Waals surface area contributed by atoms with E-state index >= 15 is 0 Å². The number of carbonyl (C=O) groups is 1. The Labute approximate surface area is 135 Å². The predicted molar refractivity (Wildman–Crippen MR) is 89.2 cm³/mol. The summed E-state index contributed by atoms with van der Waals surface area (Å²) in [4.78, 5) is 21.0. The van der Waals surface area contributed by atoms with Crippen LogP contribution in [0.3, 0.4) is 0 Å². The molecule has 2 N–H and O–H groups in total. The molecule has 1 aliphatic carbocycles. The Hall–Kier alpha value is -2.01. The lowest BCUT2D eigenvalue weighted by atomic mass is 9.85. The molecule has 2 heterocycles. The summed E-state index contributed by atoms with van der Waals surface area (Å²) in [6.07, 6.45) is 8.03. The molecule has 0 bridgehead atoms. The van der Waals surface area contributed by atoms with Crippen molar-refractivity contribution in [2.75, 3.05) is 6.54 Å². The smallest absolute Gasteiger partial charge is 0.271 e. The number of hydrogen-bond acceptors (Lipinski definition) is 4. The van der Waals surface area contributed by atoms with Crippen LogP contribution >= 0.6 is 0 Å². The van der Waals surface area contributed by atoms with E-state index in [4.69, 9.17) is 0 Å². The first-order valence-corrected chi connectivity index (χ1v) is 8.55. The second-order valence-electron chi connectivity index (χ2n) is 6.70. The van der Waals surface area contributed by atoms with Gasteiger partial charge in [0, 0.05) is 18.6 Å². The molecule has 2 fully saturated rings. The molecule has 2 aliphatic rings. The molecule has 2 aromatic rings. The van der Waals surface area contributed by atoms with E-state index in [1.807, 2.05) is 24.3 Å². The number of carbonyl (C=O) groups excluding carboxylic acids is 1. The van der Waals surface area contributed by atoms with Crippen molar-refractivity contribution in [2.45, 2.75) is 44.2 Å². The minimum atomic E-state index is -0.139. The average molecular weight is 310 g/mol. The molecule has 1 aromatic heterocycles. The summed E-state index contributed by atoms with van der Waals surface area (Å²) in [6, 6.07) is 8.65. The van der Waals surface area contributed by atoms with Crippen molar-refractivity contribution in [3.05, 3.63) is 36.2 Å². The van der Waals surface area contributed by atoms with E-state index < -0.39 is 0 Å². The number of amides is 1. The van der Waals surface area contributed by atoms with Gasteiger partial charge >= 0.3 is 0 Å². The number of nitrogens with zero attached hydrogens (tertiary/aromatic N) is 2. The van der Waals surface area contributed by atoms with Crippen molar-refractivity contribution >= 4 is 16.9 Å². The molecule has 5 nitrogen and oxygen atoms in total. The van der Waals surface area contributed by atoms with E-state index in [1.54, 1.807) is 6.20 Å². The van der Waals surface area contributed by atoms with Crippen LogP contribution in [0.5, 0.6) is 0 Å². The van der Waals surface area contributed by atoms with Crippen molar-refractivity contribution in [3.63, 3.8) is 0 Å². The highest BCUT2D eigenvalue weighted by atomic mass is 16.1. The fraction of sp³-hybridized carbons (Fsp3) is 0.500. The molecule has 0 unspecified atom stereocenters. The Morgan fingerprint density at radius 1 is 1.22 bits per heavy atom. The Morgan fingerprint density at radius 3 is 2.91 bits per heavy atom. The molecule has 1 saturated heterocycles.